The number of nitrogens with one attached hydrogen (secondary N) is 2. The largest absolute Gasteiger partial charge is 0.422 e. The van der Waals surface area contributed by atoms with Crippen LogP contribution in [0.1, 0.15) is 20.8 Å². The smallest absolute Gasteiger partial charge is 0.344 e. The number of carbonyl (C=O) groups excluding carboxylic acids is 1. The Hall–Kier alpha value is -2.99. The quantitative estimate of drug-likeness (QED) is 0.512. The van der Waals surface area contributed by atoms with Crippen LogP contribution in [0.4, 0.5) is 5.69 Å². The molecule has 2 aromatic carbocycles. The molecule has 138 valence electrons. The maximum atomic E-state index is 12.3. The summed E-state index contributed by atoms with van der Waals surface area (Å²) in [6, 6.07) is 16.4. The fourth-order valence-corrected chi connectivity index (χ4v) is 2.66. The molecular formula is C21H20N2O3S. The lowest BCUT2D eigenvalue weighted by atomic mass is 9.96. The van der Waals surface area contributed by atoms with E-state index in [0.717, 1.165) is 10.9 Å². The minimum absolute atomic E-state index is 0.162. The molecule has 0 fully saturated rings. The Kier molecular flexibility index (Phi) is 5.10. The molecule has 0 aliphatic rings. The van der Waals surface area contributed by atoms with E-state index in [0.29, 0.717) is 16.8 Å². The number of benzene rings is 2. The lowest BCUT2D eigenvalue weighted by Gasteiger charge is -2.18. The highest BCUT2D eigenvalue weighted by molar-refractivity contribution is 7.80. The van der Waals surface area contributed by atoms with Crippen molar-refractivity contribution in [3.05, 3.63) is 65.0 Å². The van der Waals surface area contributed by atoms with Gasteiger partial charge in [-0.3, -0.25) is 4.79 Å². The molecule has 1 amide bonds. The number of hydrogen-bond acceptors (Lipinski definition) is 4. The van der Waals surface area contributed by atoms with Gasteiger partial charge in [0.15, 0.2) is 5.11 Å². The molecule has 0 saturated heterocycles. The molecule has 0 spiro atoms. The highest BCUT2D eigenvalue weighted by Crippen LogP contribution is 2.22. The minimum atomic E-state index is -0.528. The summed E-state index contributed by atoms with van der Waals surface area (Å²) in [4.78, 5) is 24.2. The van der Waals surface area contributed by atoms with Gasteiger partial charge in [-0.2, -0.15) is 0 Å². The van der Waals surface area contributed by atoms with Gasteiger partial charge >= 0.3 is 5.63 Å². The molecule has 1 heterocycles. The van der Waals surface area contributed by atoms with Crippen molar-refractivity contribution in [1.82, 2.24) is 5.32 Å². The third-order valence-corrected chi connectivity index (χ3v) is 4.21. The highest BCUT2D eigenvalue weighted by Gasteiger charge is 2.21. The van der Waals surface area contributed by atoms with Crippen LogP contribution in [-0.4, -0.2) is 11.0 Å². The first-order valence-corrected chi connectivity index (χ1v) is 8.90. The van der Waals surface area contributed by atoms with Crippen molar-refractivity contribution in [3.8, 4) is 11.1 Å². The summed E-state index contributed by atoms with van der Waals surface area (Å²) in [7, 11) is 0. The van der Waals surface area contributed by atoms with Crippen molar-refractivity contribution < 1.29 is 9.21 Å². The van der Waals surface area contributed by atoms with Gasteiger partial charge in [0.2, 0.25) is 5.91 Å². The van der Waals surface area contributed by atoms with Crippen molar-refractivity contribution in [2.75, 3.05) is 5.32 Å². The number of fused-ring (bicyclic) bond motifs is 1. The molecule has 1 aromatic heterocycles. The fourth-order valence-electron chi connectivity index (χ4n) is 2.45. The monoisotopic (exact) mass is 380 g/mol. The van der Waals surface area contributed by atoms with Gasteiger partial charge in [-0.05, 0) is 42.0 Å². The van der Waals surface area contributed by atoms with Gasteiger partial charge in [-0.15, -0.1) is 0 Å². The molecule has 6 heteroatoms. The van der Waals surface area contributed by atoms with E-state index in [4.69, 9.17) is 16.6 Å². The molecule has 0 aliphatic heterocycles. The predicted octanol–water partition coefficient (Wildman–Crippen LogP) is 4.32. The van der Waals surface area contributed by atoms with Gasteiger partial charge in [-0.25, -0.2) is 4.79 Å². The van der Waals surface area contributed by atoms with Gasteiger partial charge in [0.25, 0.3) is 0 Å². The van der Waals surface area contributed by atoms with E-state index in [9.17, 15) is 9.59 Å². The van der Waals surface area contributed by atoms with E-state index in [1.54, 1.807) is 30.3 Å². The molecule has 0 bridgehead atoms. The van der Waals surface area contributed by atoms with Gasteiger partial charge < -0.3 is 15.1 Å². The Morgan fingerprint density at radius 2 is 1.70 bits per heavy atom. The van der Waals surface area contributed by atoms with E-state index in [-0.39, 0.29) is 16.6 Å². The zero-order valence-electron chi connectivity index (χ0n) is 15.3. The maximum absolute atomic E-state index is 12.3. The molecule has 0 saturated carbocycles. The Morgan fingerprint density at radius 1 is 1.04 bits per heavy atom. The van der Waals surface area contributed by atoms with Crippen LogP contribution in [0.3, 0.4) is 0 Å². The normalized spacial score (nSPS) is 11.2. The van der Waals surface area contributed by atoms with E-state index < -0.39 is 5.41 Å². The van der Waals surface area contributed by atoms with Crippen LogP contribution < -0.4 is 16.3 Å². The zero-order valence-corrected chi connectivity index (χ0v) is 16.1. The first-order valence-electron chi connectivity index (χ1n) is 8.50. The molecule has 3 rings (SSSR count). The highest BCUT2D eigenvalue weighted by atomic mass is 32.1. The molecule has 3 aromatic rings. The molecule has 0 unspecified atom stereocenters. The van der Waals surface area contributed by atoms with Crippen molar-refractivity contribution in [1.29, 1.82) is 0 Å². The third-order valence-electron chi connectivity index (χ3n) is 4.00. The number of hydrogen-bond donors (Lipinski definition) is 2. The lowest BCUT2D eigenvalue weighted by molar-refractivity contribution is -0.126. The fraction of sp³-hybridized carbons (Fsp3) is 0.190. The number of rotatable bonds is 2. The molecule has 0 aliphatic carbocycles. The van der Waals surface area contributed by atoms with Crippen LogP contribution >= 0.6 is 12.2 Å². The van der Waals surface area contributed by atoms with Crippen molar-refractivity contribution >= 4 is 39.9 Å². The van der Waals surface area contributed by atoms with Gasteiger partial charge in [-0.1, -0.05) is 51.1 Å². The average Bonchev–Trinajstić information content (AvgIpc) is 2.61. The molecular weight excluding hydrogens is 360 g/mol. The zero-order chi connectivity index (χ0) is 19.6. The van der Waals surface area contributed by atoms with Crippen molar-refractivity contribution in [2.24, 2.45) is 5.41 Å². The number of anilines is 1. The van der Waals surface area contributed by atoms with E-state index in [1.165, 1.54) is 0 Å². The number of carbonyl (C=O) groups is 1. The topological polar surface area (TPSA) is 71.3 Å². The second-order valence-corrected chi connectivity index (χ2v) is 7.63. The Morgan fingerprint density at radius 3 is 2.37 bits per heavy atom. The summed E-state index contributed by atoms with van der Waals surface area (Å²) in [5.41, 5.74) is 1.59. The summed E-state index contributed by atoms with van der Waals surface area (Å²) >= 11 is 5.17. The van der Waals surface area contributed by atoms with E-state index >= 15 is 0 Å². The second-order valence-electron chi connectivity index (χ2n) is 7.22. The lowest BCUT2D eigenvalue weighted by Crippen LogP contribution is -2.41. The second kappa shape index (κ2) is 7.32. The summed E-state index contributed by atoms with van der Waals surface area (Å²) in [5.74, 6) is -0.162. The van der Waals surface area contributed by atoms with Crippen LogP contribution in [0.2, 0.25) is 0 Å². The average molecular weight is 380 g/mol. The minimum Gasteiger partial charge on any atom is -0.422 e. The molecule has 5 nitrogen and oxygen atoms in total. The van der Waals surface area contributed by atoms with Crippen LogP contribution in [0, 0.1) is 5.41 Å². The Bertz CT molecular complexity index is 1060. The van der Waals surface area contributed by atoms with Gasteiger partial charge in [0.1, 0.15) is 5.58 Å². The molecule has 0 radical (unpaired) electrons. The number of para-hydroxylation sites is 1. The summed E-state index contributed by atoms with van der Waals surface area (Å²) in [6.45, 7) is 5.44. The standard InChI is InChI=1S/C21H20N2O3S/c1-21(2,3)19(25)23-20(27)22-15-10-8-13(9-11-15)16-12-14-6-4-5-7-17(14)26-18(16)24/h4-12H,1-3H3,(H2,22,23,25,27). The first kappa shape index (κ1) is 18.8. The van der Waals surface area contributed by atoms with Crippen LogP contribution in [0.15, 0.2) is 63.8 Å². The van der Waals surface area contributed by atoms with E-state index in [2.05, 4.69) is 10.6 Å². The Balaban J connectivity index is 1.78. The Labute approximate surface area is 162 Å². The molecule has 0 atom stereocenters. The maximum Gasteiger partial charge on any atom is 0.344 e. The molecule has 27 heavy (non-hydrogen) atoms. The van der Waals surface area contributed by atoms with Crippen molar-refractivity contribution in [3.63, 3.8) is 0 Å². The number of thiocarbonyl (C=S) groups is 1. The number of amides is 1. The summed E-state index contributed by atoms with van der Waals surface area (Å²) < 4.78 is 5.38. The molecule has 2 N–H and O–H groups in total. The summed E-state index contributed by atoms with van der Waals surface area (Å²) in [5, 5.41) is 6.72. The van der Waals surface area contributed by atoms with Crippen LogP contribution in [0.25, 0.3) is 22.1 Å². The van der Waals surface area contributed by atoms with Gasteiger partial charge in [0.05, 0.1) is 5.56 Å². The summed E-state index contributed by atoms with van der Waals surface area (Å²) in [6.07, 6.45) is 0. The first-order chi connectivity index (χ1) is 12.7. The predicted molar refractivity (Wildman–Crippen MR) is 112 cm³/mol. The van der Waals surface area contributed by atoms with Crippen LogP contribution in [-0.2, 0) is 4.79 Å². The van der Waals surface area contributed by atoms with Crippen LogP contribution in [0.5, 0.6) is 0 Å². The SMILES string of the molecule is CC(C)(C)C(=O)NC(=S)Nc1ccc(-c2cc3ccccc3oc2=O)cc1. The van der Waals surface area contributed by atoms with Gasteiger partial charge in [0, 0.05) is 16.5 Å². The van der Waals surface area contributed by atoms with Crippen molar-refractivity contribution in [2.45, 2.75) is 20.8 Å². The third kappa shape index (κ3) is 4.41. The van der Waals surface area contributed by atoms with E-state index in [1.807, 2.05) is 45.0 Å².